The first-order valence-corrected chi connectivity index (χ1v) is 13.1. The van der Waals surface area contributed by atoms with E-state index in [-0.39, 0.29) is 10.6 Å². The molecule has 0 fully saturated rings. The Kier molecular flexibility index (Phi) is 5.97. The molecule has 1 aliphatic heterocycles. The molecule has 3 rings (SSSR count). The quantitative estimate of drug-likeness (QED) is 0.649. The topological polar surface area (TPSA) is 88.6 Å². The largest absolute Gasteiger partial charge is 0.311 e. The maximum Gasteiger partial charge on any atom is 0.242 e. The molecule has 0 aliphatic carbocycles. The van der Waals surface area contributed by atoms with Gasteiger partial charge in [-0.2, -0.15) is 0 Å². The average Bonchev–Trinajstić information content (AvgIpc) is 2.59. The van der Waals surface area contributed by atoms with Crippen molar-refractivity contribution in [1.29, 1.82) is 0 Å². The van der Waals surface area contributed by atoms with Crippen molar-refractivity contribution in [2.24, 2.45) is 0 Å². The molecule has 1 aliphatic rings. The number of carbonyl (C=O) groups is 1. The Bertz CT molecular complexity index is 1130. The summed E-state index contributed by atoms with van der Waals surface area (Å²) in [7, 11) is -6.99. The molecule has 150 valence electrons. The van der Waals surface area contributed by atoms with Gasteiger partial charge in [-0.05, 0) is 54.3 Å². The molecule has 2 aromatic carbocycles. The number of rotatable bonds is 5. The van der Waals surface area contributed by atoms with E-state index in [9.17, 15) is 21.6 Å². The second-order valence-electron chi connectivity index (χ2n) is 6.87. The number of hydrogen-bond donors (Lipinski definition) is 0. The molecule has 0 atom stereocenters. The normalized spacial score (nSPS) is 14.6. The third-order valence-corrected chi connectivity index (χ3v) is 7.58. The zero-order chi connectivity index (χ0) is 20.5. The summed E-state index contributed by atoms with van der Waals surface area (Å²) in [6, 6.07) is 11.6. The zero-order valence-electron chi connectivity index (χ0n) is 15.3. The highest BCUT2D eigenvalue weighted by molar-refractivity contribution is 9.10. The van der Waals surface area contributed by atoms with Gasteiger partial charge in [-0.15, -0.1) is 0 Å². The van der Waals surface area contributed by atoms with E-state index >= 15 is 0 Å². The van der Waals surface area contributed by atoms with Crippen molar-refractivity contribution >= 4 is 47.2 Å². The Balaban J connectivity index is 1.80. The van der Waals surface area contributed by atoms with Crippen LogP contribution in [-0.2, 0) is 36.6 Å². The number of hydrogen-bond acceptors (Lipinski definition) is 5. The first-order valence-electron chi connectivity index (χ1n) is 8.63. The van der Waals surface area contributed by atoms with Gasteiger partial charge in [-0.25, -0.2) is 16.8 Å². The molecular weight excluding hydrogens is 466 g/mol. The fourth-order valence-electron chi connectivity index (χ4n) is 3.26. The van der Waals surface area contributed by atoms with Crippen molar-refractivity contribution in [2.45, 2.75) is 23.5 Å². The lowest BCUT2D eigenvalue weighted by atomic mass is 10.0. The van der Waals surface area contributed by atoms with Crippen molar-refractivity contribution in [3.63, 3.8) is 0 Å². The van der Waals surface area contributed by atoms with Crippen molar-refractivity contribution in [3.8, 4) is 0 Å². The highest BCUT2D eigenvalue weighted by Crippen LogP contribution is 2.30. The number of aryl methyl sites for hydroxylation is 1. The summed E-state index contributed by atoms with van der Waals surface area (Å²) in [6.07, 6.45) is 2.43. The van der Waals surface area contributed by atoms with Crippen LogP contribution in [0.25, 0.3) is 0 Å². The molecule has 0 unspecified atom stereocenters. The van der Waals surface area contributed by atoms with Crippen LogP contribution in [0.1, 0.15) is 17.5 Å². The Labute approximate surface area is 173 Å². The molecule has 9 heteroatoms. The lowest BCUT2D eigenvalue weighted by Gasteiger charge is -2.29. The van der Waals surface area contributed by atoms with E-state index in [1.807, 2.05) is 0 Å². The molecule has 0 saturated heterocycles. The van der Waals surface area contributed by atoms with Gasteiger partial charge in [0.05, 0.1) is 10.6 Å². The summed E-state index contributed by atoms with van der Waals surface area (Å²) < 4.78 is 49.3. The number of fused-ring (bicyclic) bond motifs is 1. The molecular formula is C19H20BrNO5S2. The average molecular weight is 486 g/mol. The molecule has 0 radical (unpaired) electrons. The van der Waals surface area contributed by atoms with Crippen LogP contribution in [0.5, 0.6) is 0 Å². The van der Waals surface area contributed by atoms with Gasteiger partial charge in [0.25, 0.3) is 0 Å². The summed E-state index contributed by atoms with van der Waals surface area (Å²) in [6.45, 7) is 0.413. The minimum atomic E-state index is -3.64. The van der Waals surface area contributed by atoms with Crippen molar-refractivity contribution in [3.05, 3.63) is 58.1 Å². The van der Waals surface area contributed by atoms with Gasteiger partial charge in [-0.1, -0.05) is 28.1 Å². The Morgan fingerprint density at radius 1 is 1.11 bits per heavy atom. The number of benzene rings is 2. The first-order chi connectivity index (χ1) is 13.0. The smallest absolute Gasteiger partial charge is 0.242 e. The molecule has 0 aromatic heterocycles. The van der Waals surface area contributed by atoms with Crippen LogP contribution in [0.3, 0.4) is 0 Å². The second kappa shape index (κ2) is 7.96. The number of amides is 1. The van der Waals surface area contributed by atoms with Crippen LogP contribution < -0.4 is 4.90 Å². The third-order valence-electron chi connectivity index (χ3n) is 4.52. The van der Waals surface area contributed by atoms with Gasteiger partial charge in [0, 0.05) is 23.0 Å². The lowest BCUT2D eigenvalue weighted by Crippen LogP contribution is -2.39. The fourth-order valence-corrected chi connectivity index (χ4v) is 5.70. The highest BCUT2D eigenvalue weighted by Gasteiger charge is 2.27. The van der Waals surface area contributed by atoms with E-state index in [2.05, 4.69) is 15.9 Å². The number of anilines is 1. The summed E-state index contributed by atoms with van der Waals surface area (Å²) >= 11 is 3.31. The van der Waals surface area contributed by atoms with Crippen LogP contribution in [0.2, 0.25) is 0 Å². The van der Waals surface area contributed by atoms with Gasteiger partial charge in [0.15, 0.2) is 19.7 Å². The van der Waals surface area contributed by atoms with Crippen LogP contribution >= 0.6 is 15.9 Å². The maximum atomic E-state index is 12.7. The minimum absolute atomic E-state index is 0.197. The van der Waals surface area contributed by atoms with Gasteiger partial charge in [0.2, 0.25) is 5.91 Å². The van der Waals surface area contributed by atoms with E-state index in [4.69, 9.17) is 0 Å². The Morgan fingerprint density at radius 3 is 2.54 bits per heavy atom. The monoisotopic (exact) mass is 485 g/mol. The maximum absolute atomic E-state index is 12.7. The number of halogens is 1. The summed E-state index contributed by atoms with van der Waals surface area (Å²) in [4.78, 5) is 14.4. The molecule has 0 spiro atoms. The summed E-state index contributed by atoms with van der Waals surface area (Å²) in [5, 5.41) is 0. The second-order valence-corrected chi connectivity index (χ2v) is 11.9. The van der Waals surface area contributed by atoms with Crippen LogP contribution in [0.15, 0.2) is 51.8 Å². The molecule has 1 amide bonds. The van der Waals surface area contributed by atoms with E-state index < -0.39 is 31.3 Å². The molecule has 0 saturated carbocycles. The molecule has 6 nitrogen and oxygen atoms in total. The zero-order valence-corrected chi connectivity index (χ0v) is 18.5. The fraction of sp³-hybridized carbons (Fsp3) is 0.316. The summed E-state index contributed by atoms with van der Waals surface area (Å²) in [5.41, 5.74) is 1.94. The SMILES string of the molecule is CS(=O)(=O)c1ccc2c(c1)CCCN2C(=O)CS(=O)(=O)Cc1cccc(Br)c1. The van der Waals surface area contributed by atoms with Gasteiger partial charge in [0.1, 0.15) is 5.75 Å². The molecule has 0 bridgehead atoms. The third kappa shape index (κ3) is 5.01. The number of nitrogens with zero attached hydrogens (tertiary/aromatic N) is 1. The standard InChI is InChI=1S/C19H20BrNO5S2/c1-27(23,24)17-7-8-18-15(11-17)5-3-9-21(18)19(22)13-28(25,26)12-14-4-2-6-16(20)10-14/h2,4,6-8,10-11H,3,5,9,12-13H2,1H3. The van der Waals surface area contributed by atoms with Gasteiger partial charge < -0.3 is 4.90 Å². The molecule has 1 heterocycles. The van der Waals surface area contributed by atoms with Crippen molar-refractivity contribution in [1.82, 2.24) is 0 Å². The number of sulfone groups is 2. The van der Waals surface area contributed by atoms with Crippen LogP contribution in [-0.4, -0.2) is 41.3 Å². The predicted molar refractivity (Wildman–Crippen MR) is 112 cm³/mol. The highest BCUT2D eigenvalue weighted by atomic mass is 79.9. The lowest BCUT2D eigenvalue weighted by molar-refractivity contribution is -0.116. The van der Waals surface area contributed by atoms with E-state index in [1.54, 1.807) is 36.4 Å². The van der Waals surface area contributed by atoms with E-state index in [1.165, 1.54) is 11.0 Å². The van der Waals surface area contributed by atoms with Crippen LogP contribution in [0.4, 0.5) is 5.69 Å². The van der Waals surface area contributed by atoms with Crippen molar-refractivity contribution in [2.75, 3.05) is 23.5 Å². The molecule has 28 heavy (non-hydrogen) atoms. The van der Waals surface area contributed by atoms with Crippen molar-refractivity contribution < 1.29 is 21.6 Å². The van der Waals surface area contributed by atoms with E-state index in [0.29, 0.717) is 30.6 Å². The first kappa shape index (κ1) is 21.0. The predicted octanol–water partition coefficient (Wildman–Crippen LogP) is 2.75. The minimum Gasteiger partial charge on any atom is -0.311 e. The summed E-state index contributed by atoms with van der Waals surface area (Å²) in [5.74, 6) is -1.30. The van der Waals surface area contributed by atoms with Crippen LogP contribution in [0, 0.1) is 0 Å². The van der Waals surface area contributed by atoms with E-state index in [0.717, 1.165) is 16.3 Å². The van der Waals surface area contributed by atoms with Gasteiger partial charge in [-0.3, -0.25) is 4.79 Å². The Hall–Kier alpha value is -1.71. The number of carbonyl (C=O) groups excluding carboxylic acids is 1. The molecule has 2 aromatic rings. The Morgan fingerprint density at radius 2 is 1.86 bits per heavy atom. The molecule has 0 N–H and O–H groups in total. The van der Waals surface area contributed by atoms with Gasteiger partial charge >= 0.3 is 0 Å².